The van der Waals surface area contributed by atoms with Crippen LogP contribution >= 0.6 is 0 Å². The van der Waals surface area contributed by atoms with Gasteiger partial charge in [-0.2, -0.15) is 0 Å². The highest BCUT2D eigenvalue weighted by Crippen LogP contribution is 2.18. The van der Waals surface area contributed by atoms with Crippen molar-refractivity contribution in [3.05, 3.63) is 65.5 Å². The van der Waals surface area contributed by atoms with Gasteiger partial charge in [0.2, 0.25) is 5.91 Å². The fraction of sp³-hybridized carbons (Fsp3) is 0.333. The predicted molar refractivity (Wildman–Crippen MR) is 88.6 cm³/mol. The molecule has 0 fully saturated rings. The first kappa shape index (κ1) is 16.2. The zero-order chi connectivity index (χ0) is 15.9. The number of nitrogens with one attached hydrogen (secondary N) is 1. The highest BCUT2D eigenvalue weighted by atomic mass is 16.2. The molecule has 0 saturated heterocycles. The van der Waals surface area contributed by atoms with Crippen molar-refractivity contribution in [2.24, 2.45) is 0 Å². The number of amides is 1. The van der Waals surface area contributed by atoms with Gasteiger partial charge in [-0.05, 0) is 44.6 Å². The predicted octanol–water partition coefficient (Wildman–Crippen LogP) is 2.35. The van der Waals surface area contributed by atoms with Gasteiger partial charge in [0.1, 0.15) is 6.04 Å². The smallest absolute Gasteiger partial charge is 0.241 e. The van der Waals surface area contributed by atoms with Crippen LogP contribution < -0.4 is 5.32 Å². The second-order valence-corrected chi connectivity index (χ2v) is 5.68. The molecule has 4 nitrogen and oxygen atoms in total. The normalized spacial score (nSPS) is 12.2. The first-order valence-corrected chi connectivity index (χ1v) is 7.47. The minimum atomic E-state index is -0.269. The molecule has 0 saturated carbocycles. The highest BCUT2D eigenvalue weighted by molar-refractivity contribution is 5.83. The molecule has 0 radical (unpaired) electrons. The maximum absolute atomic E-state index is 12.5. The van der Waals surface area contributed by atoms with Gasteiger partial charge in [0.15, 0.2) is 0 Å². The Balaban J connectivity index is 1.97. The average molecular weight is 297 g/mol. The van der Waals surface area contributed by atoms with Crippen molar-refractivity contribution in [3.63, 3.8) is 0 Å². The topological polar surface area (TPSA) is 45.2 Å². The van der Waals surface area contributed by atoms with Crippen molar-refractivity contribution in [2.45, 2.75) is 19.4 Å². The lowest BCUT2D eigenvalue weighted by molar-refractivity contribution is -0.125. The lowest BCUT2D eigenvalue weighted by Gasteiger charge is -2.24. The van der Waals surface area contributed by atoms with Crippen molar-refractivity contribution in [1.29, 1.82) is 0 Å². The average Bonchev–Trinajstić information content (AvgIpc) is 2.50. The van der Waals surface area contributed by atoms with E-state index in [1.54, 1.807) is 6.20 Å². The summed E-state index contributed by atoms with van der Waals surface area (Å²) in [7, 11) is 3.84. The number of carbonyl (C=O) groups is 1. The fourth-order valence-electron chi connectivity index (χ4n) is 2.41. The van der Waals surface area contributed by atoms with Crippen molar-refractivity contribution in [2.75, 3.05) is 20.6 Å². The Morgan fingerprint density at radius 2 is 1.95 bits per heavy atom. The van der Waals surface area contributed by atoms with E-state index in [4.69, 9.17) is 0 Å². The Hall–Kier alpha value is -2.20. The first-order chi connectivity index (χ1) is 10.6. The van der Waals surface area contributed by atoms with Gasteiger partial charge in [-0.15, -0.1) is 0 Å². The SMILES string of the molecule is Cc1ccc(C(C(=O)NCCc2cccnc2)N(C)C)cc1. The van der Waals surface area contributed by atoms with E-state index in [2.05, 4.69) is 10.3 Å². The van der Waals surface area contributed by atoms with Gasteiger partial charge in [0.25, 0.3) is 0 Å². The van der Waals surface area contributed by atoms with E-state index in [0.717, 1.165) is 17.5 Å². The number of aryl methyl sites for hydroxylation is 1. The number of benzene rings is 1. The Kier molecular flexibility index (Phi) is 5.67. The van der Waals surface area contributed by atoms with Gasteiger partial charge < -0.3 is 5.32 Å². The molecule has 1 amide bonds. The molecule has 0 bridgehead atoms. The van der Waals surface area contributed by atoms with Gasteiger partial charge in [0.05, 0.1) is 0 Å². The summed E-state index contributed by atoms with van der Waals surface area (Å²) in [6.07, 6.45) is 4.37. The molecule has 0 aliphatic rings. The number of rotatable bonds is 6. The molecule has 1 atom stereocenters. The largest absolute Gasteiger partial charge is 0.354 e. The van der Waals surface area contributed by atoms with Gasteiger partial charge in [-0.1, -0.05) is 35.9 Å². The van der Waals surface area contributed by atoms with Crippen LogP contribution in [0, 0.1) is 6.92 Å². The summed E-state index contributed by atoms with van der Waals surface area (Å²) in [4.78, 5) is 18.5. The van der Waals surface area contributed by atoms with Crippen molar-refractivity contribution < 1.29 is 4.79 Å². The van der Waals surface area contributed by atoms with Crippen LogP contribution in [0.15, 0.2) is 48.8 Å². The van der Waals surface area contributed by atoms with E-state index in [0.29, 0.717) is 6.54 Å². The molecule has 1 unspecified atom stereocenters. The van der Waals surface area contributed by atoms with Crippen LogP contribution in [0.25, 0.3) is 0 Å². The summed E-state index contributed by atoms with van der Waals surface area (Å²) < 4.78 is 0. The molecule has 1 N–H and O–H groups in total. The summed E-state index contributed by atoms with van der Waals surface area (Å²) in [5, 5.41) is 3.02. The molecule has 2 aromatic rings. The summed E-state index contributed by atoms with van der Waals surface area (Å²) in [5.74, 6) is 0.0257. The Morgan fingerprint density at radius 1 is 1.23 bits per heavy atom. The first-order valence-electron chi connectivity index (χ1n) is 7.47. The molecule has 22 heavy (non-hydrogen) atoms. The molecule has 4 heteroatoms. The van der Waals surface area contributed by atoms with Crippen LogP contribution in [-0.2, 0) is 11.2 Å². The van der Waals surface area contributed by atoms with Crippen LogP contribution in [0.2, 0.25) is 0 Å². The Labute approximate surface area is 132 Å². The second-order valence-electron chi connectivity index (χ2n) is 5.68. The third kappa shape index (κ3) is 4.40. The lowest BCUT2D eigenvalue weighted by Crippen LogP contribution is -2.37. The van der Waals surface area contributed by atoms with Gasteiger partial charge >= 0.3 is 0 Å². The van der Waals surface area contributed by atoms with Gasteiger partial charge in [-0.25, -0.2) is 0 Å². The maximum Gasteiger partial charge on any atom is 0.241 e. The molecular formula is C18H23N3O. The molecule has 116 valence electrons. The molecular weight excluding hydrogens is 274 g/mol. The second kappa shape index (κ2) is 7.71. The number of likely N-dealkylation sites (N-methyl/N-ethyl adjacent to an activating group) is 1. The van der Waals surface area contributed by atoms with Crippen molar-refractivity contribution in [1.82, 2.24) is 15.2 Å². The van der Waals surface area contributed by atoms with Crippen molar-refractivity contribution in [3.8, 4) is 0 Å². The number of nitrogens with zero attached hydrogens (tertiary/aromatic N) is 2. The Morgan fingerprint density at radius 3 is 2.55 bits per heavy atom. The number of hydrogen-bond donors (Lipinski definition) is 1. The zero-order valence-electron chi connectivity index (χ0n) is 13.4. The standard InChI is InChI=1S/C18H23N3O/c1-14-6-8-16(9-7-14)17(21(2)3)18(22)20-12-10-15-5-4-11-19-13-15/h4-9,11,13,17H,10,12H2,1-3H3,(H,20,22). The summed E-state index contributed by atoms with van der Waals surface area (Å²) in [5.41, 5.74) is 3.33. The summed E-state index contributed by atoms with van der Waals surface area (Å²) in [6.45, 7) is 2.66. The number of carbonyl (C=O) groups excluding carboxylic acids is 1. The van der Waals surface area contributed by atoms with Gasteiger partial charge in [-0.3, -0.25) is 14.7 Å². The summed E-state index contributed by atoms with van der Waals surface area (Å²) >= 11 is 0. The zero-order valence-corrected chi connectivity index (χ0v) is 13.4. The van der Waals surface area contributed by atoms with Crippen LogP contribution in [0.5, 0.6) is 0 Å². The van der Waals surface area contributed by atoms with E-state index in [1.807, 2.05) is 68.5 Å². The number of hydrogen-bond acceptors (Lipinski definition) is 3. The molecule has 0 aliphatic heterocycles. The van der Waals surface area contributed by atoms with Crippen LogP contribution in [-0.4, -0.2) is 36.4 Å². The minimum absolute atomic E-state index is 0.0257. The number of pyridine rings is 1. The third-order valence-corrected chi connectivity index (χ3v) is 3.59. The van der Waals surface area contributed by atoms with E-state index >= 15 is 0 Å². The lowest BCUT2D eigenvalue weighted by atomic mass is 10.0. The van der Waals surface area contributed by atoms with Crippen LogP contribution in [0.4, 0.5) is 0 Å². The third-order valence-electron chi connectivity index (χ3n) is 3.59. The van der Waals surface area contributed by atoms with Crippen LogP contribution in [0.3, 0.4) is 0 Å². The highest BCUT2D eigenvalue weighted by Gasteiger charge is 2.22. The molecule has 1 heterocycles. The summed E-state index contributed by atoms with van der Waals surface area (Å²) in [6, 6.07) is 11.8. The van der Waals surface area contributed by atoms with Crippen LogP contribution in [0.1, 0.15) is 22.7 Å². The molecule has 2 rings (SSSR count). The van der Waals surface area contributed by atoms with Crippen molar-refractivity contribution >= 4 is 5.91 Å². The minimum Gasteiger partial charge on any atom is -0.354 e. The van der Waals surface area contributed by atoms with Gasteiger partial charge in [0, 0.05) is 18.9 Å². The quantitative estimate of drug-likeness (QED) is 0.890. The number of aromatic nitrogens is 1. The van der Waals surface area contributed by atoms with E-state index in [1.165, 1.54) is 5.56 Å². The van der Waals surface area contributed by atoms with E-state index in [9.17, 15) is 4.79 Å². The Bertz CT molecular complexity index is 593. The van der Waals surface area contributed by atoms with E-state index < -0.39 is 0 Å². The molecule has 1 aromatic carbocycles. The monoisotopic (exact) mass is 297 g/mol. The molecule has 1 aromatic heterocycles. The fourth-order valence-corrected chi connectivity index (χ4v) is 2.41. The molecule has 0 aliphatic carbocycles. The maximum atomic E-state index is 12.5. The van der Waals surface area contributed by atoms with E-state index in [-0.39, 0.29) is 11.9 Å². The molecule has 0 spiro atoms.